The molecule has 2 N–H and O–H groups in total. The van der Waals surface area contributed by atoms with Gasteiger partial charge in [-0.15, -0.1) is 0 Å². The molecule has 1 fully saturated rings. The average Bonchev–Trinajstić information content (AvgIpc) is 3.34. The molecule has 0 aliphatic heterocycles. The van der Waals surface area contributed by atoms with Crippen LogP contribution in [0.1, 0.15) is 31.4 Å². The maximum Gasteiger partial charge on any atom is 0.0646 e. The van der Waals surface area contributed by atoms with E-state index in [2.05, 4.69) is 34.2 Å². The second kappa shape index (κ2) is 6.70. The molecule has 0 atom stereocenters. The van der Waals surface area contributed by atoms with E-state index < -0.39 is 0 Å². The van der Waals surface area contributed by atoms with E-state index in [1.165, 1.54) is 25.7 Å². The van der Waals surface area contributed by atoms with Crippen molar-refractivity contribution in [2.75, 3.05) is 0 Å². The zero-order valence-electron chi connectivity index (χ0n) is 13.4. The summed E-state index contributed by atoms with van der Waals surface area (Å²) in [5, 5.41) is 0.750. The summed E-state index contributed by atoms with van der Waals surface area (Å²) in [5.41, 5.74) is 5.48. The number of H-pyrrole nitrogens is 2. The number of benzene rings is 1. The van der Waals surface area contributed by atoms with Crippen molar-refractivity contribution in [2.24, 2.45) is 4.99 Å². The lowest BCUT2D eigenvalue weighted by Gasteiger charge is -2.03. The third-order valence-electron chi connectivity index (χ3n) is 4.63. The lowest BCUT2D eigenvalue weighted by Crippen LogP contribution is -1.97. The Labute approximate surface area is 146 Å². The molecule has 0 saturated heterocycles. The second-order valence-electron chi connectivity index (χ2n) is 6.32. The van der Waals surface area contributed by atoms with Gasteiger partial charge in [-0.2, -0.15) is 0 Å². The number of aromatic amines is 2. The van der Waals surface area contributed by atoms with Crippen molar-refractivity contribution in [3.05, 3.63) is 59.4 Å². The van der Waals surface area contributed by atoms with Crippen LogP contribution in [-0.2, 0) is 0 Å². The number of hydrogen-bond donors (Lipinski definition) is 2. The number of nitrogens with one attached hydrogen (secondary N) is 2. The molecule has 2 heterocycles. The van der Waals surface area contributed by atoms with Gasteiger partial charge in [0.25, 0.3) is 0 Å². The lowest BCUT2D eigenvalue weighted by atomic mass is 10.1. The first-order valence-corrected chi connectivity index (χ1v) is 8.83. The third kappa shape index (κ3) is 3.17. The molecule has 1 saturated carbocycles. The molecule has 1 aliphatic rings. The molecule has 0 amide bonds. The highest BCUT2D eigenvalue weighted by atomic mass is 35.5. The van der Waals surface area contributed by atoms with Crippen LogP contribution in [0.15, 0.2) is 53.7 Å². The van der Waals surface area contributed by atoms with E-state index in [9.17, 15) is 0 Å². The molecule has 0 unspecified atom stereocenters. The summed E-state index contributed by atoms with van der Waals surface area (Å²) in [5.74, 6) is 0. The van der Waals surface area contributed by atoms with Crippen molar-refractivity contribution in [3.8, 4) is 22.5 Å². The number of rotatable bonds is 4. The highest BCUT2D eigenvalue weighted by Gasteiger charge is 2.14. The summed E-state index contributed by atoms with van der Waals surface area (Å²) >= 11 is 6.03. The standard InChI is InChI=1S/C20H20ClN3/c21-15-9-7-14(8-10-15)17-12-19(18-6-3-11-22-18)24-20(17)13-23-16-4-1-2-5-16/h3,6-13,16,22,24H,1-2,4-5H2. The fourth-order valence-electron chi connectivity index (χ4n) is 3.32. The summed E-state index contributed by atoms with van der Waals surface area (Å²) in [6.45, 7) is 0. The smallest absolute Gasteiger partial charge is 0.0646 e. The minimum absolute atomic E-state index is 0.473. The van der Waals surface area contributed by atoms with Crippen LogP contribution >= 0.6 is 11.6 Å². The zero-order valence-corrected chi connectivity index (χ0v) is 14.2. The Morgan fingerprint density at radius 2 is 1.83 bits per heavy atom. The lowest BCUT2D eigenvalue weighted by molar-refractivity contribution is 0.710. The summed E-state index contributed by atoms with van der Waals surface area (Å²) in [7, 11) is 0. The van der Waals surface area contributed by atoms with Gasteiger partial charge in [-0.05, 0) is 48.7 Å². The summed E-state index contributed by atoms with van der Waals surface area (Å²) < 4.78 is 0. The maximum absolute atomic E-state index is 6.03. The molecule has 4 rings (SSSR count). The Kier molecular flexibility index (Phi) is 4.26. The van der Waals surface area contributed by atoms with E-state index in [0.717, 1.165) is 33.2 Å². The molecular weight excluding hydrogens is 318 g/mol. The monoisotopic (exact) mass is 337 g/mol. The summed E-state index contributed by atoms with van der Waals surface area (Å²) in [6.07, 6.45) is 8.94. The van der Waals surface area contributed by atoms with Gasteiger partial charge in [-0.1, -0.05) is 36.6 Å². The molecule has 4 heteroatoms. The summed E-state index contributed by atoms with van der Waals surface area (Å²) in [6, 6.07) is 14.7. The second-order valence-corrected chi connectivity index (χ2v) is 6.75. The topological polar surface area (TPSA) is 43.9 Å². The van der Waals surface area contributed by atoms with Gasteiger partial charge in [-0.3, -0.25) is 4.99 Å². The number of halogens is 1. The first kappa shape index (κ1) is 15.3. The quantitative estimate of drug-likeness (QED) is 0.574. The number of hydrogen-bond acceptors (Lipinski definition) is 1. The highest BCUT2D eigenvalue weighted by molar-refractivity contribution is 6.30. The molecule has 1 aromatic carbocycles. The van der Waals surface area contributed by atoms with Gasteiger partial charge in [0.05, 0.1) is 23.1 Å². The van der Waals surface area contributed by atoms with Gasteiger partial charge in [0.1, 0.15) is 0 Å². The van der Waals surface area contributed by atoms with E-state index in [1.54, 1.807) is 0 Å². The molecular formula is C20H20ClN3. The number of aromatic nitrogens is 2. The van der Waals surface area contributed by atoms with Gasteiger partial charge in [0.15, 0.2) is 0 Å². The van der Waals surface area contributed by atoms with Crippen molar-refractivity contribution in [2.45, 2.75) is 31.7 Å². The number of aliphatic imine (C=N–C) groups is 1. The van der Waals surface area contributed by atoms with Gasteiger partial charge in [0.2, 0.25) is 0 Å². The van der Waals surface area contributed by atoms with Crippen LogP contribution in [0.3, 0.4) is 0 Å². The fraction of sp³-hybridized carbons (Fsp3) is 0.250. The van der Waals surface area contributed by atoms with Crippen molar-refractivity contribution in [3.63, 3.8) is 0 Å². The predicted molar refractivity (Wildman–Crippen MR) is 101 cm³/mol. The Morgan fingerprint density at radius 1 is 1.04 bits per heavy atom. The van der Waals surface area contributed by atoms with Crippen molar-refractivity contribution in [1.29, 1.82) is 0 Å². The largest absolute Gasteiger partial charge is 0.360 e. The van der Waals surface area contributed by atoms with E-state index in [4.69, 9.17) is 16.6 Å². The Balaban J connectivity index is 1.73. The van der Waals surface area contributed by atoms with Crippen LogP contribution in [-0.4, -0.2) is 22.2 Å². The maximum atomic E-state index is 6.03. The predicted octanol–water partition coefficient (Wildman–Crippen LogP) is 5.69. The normalized spacial score (nSPS) is 15.5. The average molecular weight is 338 g/mol. The Hall–Kier alpha value is -2.26. The van der Waals surface area contributed by atoms with Crippen molar-refractivity contribution >= 4 is 17.8 Å². The van der Waals surface area contributed by atoms with Gasteiger partial charge < -0.3 is 9.97 Å². The molecule has 122 valence electrons. The van der Waals surface area contributed by atoms with Crippen LogP contribution in [0.2, 0.25) is 5.02 Å². The minimum Gasteiger partial charge on any atom is -0.360 e. The van der Waals surface area contributed by atoms with Crippen LogP contribution in [0.4, 0.5) is 0 Å². The van der Waals surface area contributed by atoms with Crippen LogP contribution in [0, 0.1) is 0 Å². The van der Waals surface area contributed by atoms with E-state index in [0.29, 0.717) is 6.04 Å². The SMILES string of the molecule is Clc1ccc(-c2cc(-c3ccc[nH]3)[nH]c2C=NC2CCCC2)cc1. The molecule has 2 aromatic heterocycles. The molecule has 0 radical (unpaired) electrons. The highest BCUT2D eigenvalue weighted by Crippen LogP contribution is 2.30. The van der Waals surface area contributed by atoms with Gasteiger partial charge >= 0.3 is 0 Å². The van der Waals surface area contributed by atoms with Crippen LogP contribution in [0.25, 0.3) is 22.5 Å². The van der Waals surface area contributed by atoms with E-state index >= 15 is 0 Å². The molecule has 3 aromatic rings. The first-order valence-electron chi connectivity index (χ1n) is 8.45. The molecule has 0 bridgehead atoms. The zero-order chi connectivity index (χ0) is 16.4. The number of nitrogens with zero attached hydrogens (tertiary/aromatic N) is 1. The van der Waals surface area contributed by atoms with Crippen molar-refractivity contribution in [1.82, 2.24) is 9.97 Å². The molecule has 24 heavy (non-hydrogen) atoms. The Morgan fingerprint density at radius 3 is 2.54 bits per heavy atom. The third-order valence-corrected chi connectivity index (χ3v) is 4.88. The summed E-state index contributed by atoms with van der Waals surface area (Å²) in [4.78, 5) is 11.6. The minimum atomic E-state index is 0.473. The Bertz CT molecular complexity index is 822. The fourth-order valence-corrected chi connectivity index (χ4v) is 3.44. The van der Waals surface area contributed by atoms with Crippen LogP contribution < -0.4 is 0 Å². The first-order chi connectivity index (χ1) is 11.8. The van der Waals surface area contributed by atoms with Crippen molar-refractivity contribution < 1.29 is 0 Å². The molecule has 1 aliphatic carbocycles. The molecule has 3 nitrogen and oxygen atoms in total. The van der Waals surface area contributed by atoms with Gasteiger partial charge in [-0.25, -0.2) is 0 Å². The van der Waals surface area contributed by atoms with E-state index in [-0.39, 0.29) is 0 Å². The molecule has 0 spiro atoms. The van der Waals surface area contributed by atoms with Crippen LogP contribution in [0.5, 0.6) is 0 Å². The van der Waals surface area contributed by atoms with E-state index in [1.807, 2.05) is 30.6 Å². The van der Waals surface area contributed by atoms with Gasteiger partial charge in [0, 0.05) is 23.0 Å².